The van der Waals surface area contributed by atoms with Crippen LogP contribution in [0.15, 0.2) is 47.5 Å². The number of hydrogen-bond acceptors (Lipinski definition) is 4. The van der Waals surface area contributed by atoms with Crippen LogP contribution in [0.5, 0.6) is 0 Å². The topological polar surface area (TPSA) is 88.5 Å². The molecule has 0 amide bonds. The van der Waals surface area contributed by atoms with E-state index in [1.807, 2.05) is 0 Å². The molecule has 1 N–H and O–H groups in total. The zero-order valence-corrected chi connectivity index (χ0v) is 35.4. The maximum Gasteiger partial charge on any atom is 0.261 e. The number of ketones is 2. The van der Waals surface area contributed by atoms with Crippen molar-refractivity contribution in [1.82, 2.24) is 0 Å². The van der Waals surface area contributed by atoms with E-state index in [-0.39, 0.29) is 11.8 Å². The first-order valence-electron chi connectivity index (χ1n) is 21.8. The van der Waals surface area contributed by atoms with Crippen molar-refractivity contribution in [3.8, 4) is 0 Å². The van der Waals surface area contributed by atoms with Gasteiger partial charge >= 0.3 is 0 Å². The molecule has 6 atom stereocenters. The summed E-state index contributed by atoms with van der Waals surface area (Å²) >= 11 is 0. The minimum Gasteiger partial charge on any atom is -0.299 e. The summed E-state index contributed by atoms with van der Waals surface area (Å²) in [6.45, 7) is 9.42. The van der Waals surface area contributed by atoms with Crippen molar-refractivity contribution >= 4 is 32.8 Å². The van der Waals surface area contributed by atoms with E-state index in [1.54, 1.807) is 44.5 Å². The van der Waals surface area contributed by atoms with Crippen LogP contribution in [0.4, 0.5) is 0 Å². The van der Waals surface area contributed by atoms with Crippen LogP contribution in [0.25, 0.3) is 11.1 Å². The maximum absolute atomic E-state index is 12.2. The summed E-state index contributed by atoms with van der Waals surface area (Å²) in [5.41, 5.74) is 16.6. The van der Waals surface area contributed by atoms with Crippen LogP contribution >= 0.6 is 0 Å². The van der Waals surface area contributed by atoms with Crippen molar-refractivity contribution in [2.75, 3.05) is 6.26 Å². The minimum absolute atomic E-state index is 0.257. The third-order valence-corrected chi connectivity index (χ3v) is 13.9. The van der Waals surface area contributed by atoms with Crippen molar-refractivity contribution in [1.29, 1.82) is 0 Å². The quantitative estimate of drug-likeness (QED) is 0.296. The van der Waals surface area contributed by atoms with E-state index in [9.17, 15) is 18.0 Å². The molecule has 6 heteroatoms. The van der Waals surface area contributed by atoms with Crippen molar-refractivity contribution in [2.24, 2.45) is 35.5 Å². The molecule has 5 nitrogen and oxygen atoms in total. The standard InChI is InChI=1S/C24H34O2.C24H30.CH4O3S/c1-17-7-13-23(25)21(15-17)11-9-19-5-3-4-6-20(19)10-12-22-16-18(2)8-14-24(22)26;1-15-3-7-19-17(13-15)5-9-23-21(19)11-12-22-20-8-4-16(2)14-18(20)6-10-24(22)23;1-5(2,3)4/h3-6,17-18,21-22H,7-16H2,1-2H3;11-12,15-16H,3-10,13-14H2,1-2H3;1H3,(H,2,3,4). The first-order valence-corrected chi connectivity index (χ1v) is 23.7. The first kappa shape index (κ1) is 41.8. The van der Waals surface area contributed by atoms with Gasteiger partial charge in [-0.25, -0.2) is 0 Å². The predicted molar refractivity (Wildman–Crippen MR) is 227 cm³/mol. The highest BCUT2D eigenvalue weighted by Gasteiger charge is 2.31. The molecular formula is C49H68O5S. The lowest BCUT2D eigenvalue weighted by molar-refractivity contribution is -0.126. The number of carbonyl (C=O) groups is 2. The van der Waals surface area contributed by atoms with E-state index in [0.29, 0.717) is 29.7 Å². The molecule has 300 valence electrons. The van der Waals surface area contributed by atoms with Crippen molar-refractivity contribution in [3.05, 3.63) is 80.9 Å². The Morgan fingerprint density at radius 2 is 0.945 bits per heavy atom. The third kappa shape index (κ3) is 11.2. The van der Waals surface area contributed by atoms with Gasteiger partial charge in [-0.1, -0.05) is 75.2 Å². The first-order chi connectivity index (χ1) is 26.2. The maximum atomic E-state index is 12.2. The van der Waals surface area contributed by atoms with Gasteiger partial charge in [-0.2, -0.15) is 8.42 Å². The molecule has 0 saturated heterocycles. The monoisotopic (exact) mass is 768 g/mol. The van der Waals surface area contributed by atoms with Crippen molar-refractivity contribution in [3.63, 3.8) is 0 Å². The molecule has 6 aliphatic rings. The zero-order chi connectivity index (χ0) is 39.3. The summed E-state index contributed by atoms with van der Waals surface area (Å²) in [4.78, 5) is 24.4. The van der Waals surface area contributed by atoms with Gasteiger partial charge in [0.1, 0.15) is 11.6 Å². The fourth-order valence-electron chi connectivity index (χ4n) is 10.9. The fourth-order valence-corrected chi connectivity index (χ4v) is 10.9. The summed E-state index contributed by atoms with van der Waals surface area (Å²) in [7, 11) is -3.67. The highest BCUT2D eigenvalue weighted by atomic mass is 32.2. The summed E-state index contributed by atoms with van der Waals surface area (Å²) in [5.74, 6) is 4.64. The van der Waals surface area contributed by atoms with Crippen molar-refractivity contribution < 1.29 is 22.6 Å². The predicted octanol–water partition coefficient (Wildman–Crippen LogP) is 11.8. The highest BCUT2D eigenvalue weighted by molar-refractivity contribution is 7.85. The molecule has 2 saturated carbocycles. The lowest BCUT2D eigenvalue weighted by Gasteiger charge is -2.35. The summed E-state index contributed by atoms with van der Waals surface area (Å²) in [6, 6.07) is 13.7. The average Bonchev–Trinajstić information content (AvgIpc) is 3.14. The van der Waals surface area contributed by atoms with E-state index in [4.69, 9.17) is 4.55 Å². The van der Waals surface area contributed by atoms with Crippen LogP contribution in [0.2, 0.25) is 0 Å². The van der Waals surface area contributed by atoms with E-state index >= 15 is 0 Å². The molecule has 0 aromatic heterocycles. The minimum atomic E-state index is -3.67. The van der Waals surface area contributed by atoms with Crippen LogP contribution in [0.3, 0.4) is 0 Å². The Morgan fingerprint density at radius 1 is 0.564 bits per heavy atom. The van der Waals surface area contributed by atoms with E-state index in [2.05, 4.69) is 64.1 Å². The normalized spacial score (nSPS) is 27.7. The number of rotatable bonds is 6. The Balaban J connectivity index is 0.000000167. The average molecular weight is 769 g/mol. The lowest BCUT2D eigenvalue weighted by Crippen LogP contribution is -2.24. The SMILES string of the molecule is CC1CCC(=O)C(CCc2ccccc2CCC2CC(C)CCC2=O)C1.CC1CCC2=C(CCc3c2ccc2c3CCC3=C2CCC(C)C3)C1.CS(=O)(=O)O. The van der Waals surface area contributed by atoms with Gasteiger partial charge in [0.25, 0.3) is 10.1 Å². The van der Waals surface area contributed by atoms with E-state index in [1.165, 1.54) is 75.3 Å². The number of allylic oxidation sites excluding steroid dienone is 4. The molecule has 0 heterocycles. The Hall–Kier alpha value is -2.83. The number of benzene rings is 2. The van der Waals surface area contributed by atoms with Gasteiger partial charge in [-0.15, -0.1) is 0 Å². The second-order valence-corrected chi connectivity index (χ2v) is 20.1. The van der Waals surface area contributed by atoms with Crippen LogP contribution in [-0.2, 0) is 45.4 Å². The summed E-state index contributed by atoms with van der Waals surface area (Å²) in [6.07, 6.45) is 23.9. The molecular weight excluding hydrogens is 701 g/mol. The van der Waals surface area contributed by atoms with Gasteiger partial charge in [0.15, 0.2) is 0 Å². The van der Waals surface area contributed by atoms with Crippen LogP contribution < -0.4 is 0 Å². The van der Waals surface area contributed by atoms with E-state index in [0.717, 1.165) is 76.0 Å². The summed E-state index contributed by atoms with van der Waals surface area (Å²) < 4.78 is 25.9. The molecule has 2 aromatic rings. The Bertz CT molecular complexity index is 1750. The van der Waals surface area contributed by atoms with Gasteiger partial charge in [-0.3, -0.25) is 14.1 Å². The van der Waals surface area contributed by atoms with Crippen LogP contribution in [-0.4, -0.2) is 30.8 Å². The number of hydrogen-bond donors (Lipinski definition) is 1. The van der Waals surface area contributed by atoms with Crippen LogP contribution in [0.1, 0.15) is 164 Å². The van der Waals surface area contributed by atoms with Gasteiger partial charge in [0.05, 0.1) is 6.26 Å². The Labute approximate surface area is 333 Å². The number of fused-ring (bicyclic) bond motifs is 5. The molecule has 8 rings (SSSR count). The number of aryl methyl sites for hydroxylation is 2. The zero-order valence-electron chi connectivity index (χ0n) is 34.6. The molecule has 55 heavy (non-hydrogen) atoms. The highest BCUT2D eigenvalue weighted by Crippen LogP contribution is 2.48. The molecule has 0 radical (unpaired) electrons. The molecule has 6 aliphatic carbocycles. The molecule has 2 fully saturated rings. The second-order valence-electron chi connectivity index (χ2n) is 18.6. The summed E-state index contributed by atoms with van der Waals surface area (Å²) in [5, 5.41) is 0. The lowest BCUT2D eigenvalue weighted by atomic mass is 9.69. The smallest absolute Gasteiger partial charge is 0.261 e. The molecule has 6 unspecified atom stereocenters. The number of Topliss-reactive ketones (excluding diaryl/α,β-unsaturated/α-hetero) is 2. The van der Waals surface area contributed by atoms with Crippen molar-refractivity contribution in [2.45, 2.75) is 156 Å². The molecule has 0 spiro atoms. The molecule has 0 aliphatic heterocycles. The van der Waals surface area contributed by atoms with Gasteiger partial charge in [-0.05, 0) is 184 Å². The fraction of sp³-hybridized carbons (Fsp3) is 0.633. The molecule has 0 bridgehead atoms. The van der Waals surface area contributed by atoms with Crippen LogP contribution in [0, 0.1) is 35.5 Å². The van der Waals surface area contributed by atoms with Gasteiger partial charge in [0.2, 0.25) is 0 Å². The van der Waals surface area contributed by atoms with Gasteiger partial charge in [0, 0.05) is 24.7 Å². The Kier molecular flexibility index (Phi) is 14.1. The van der Waals surface area contributed by atoms with Gasteiger partial charge < -0.3 is 0 Å². The van der Waals surface area contributed by atoms with E-state index < -0.39 is 10.1 Å². The third-order valence-electron chi connectivity index (χ3n) is 13.9. The Morgan fingerprint density at radius 3 is 1.35 bits per heavy atom. The largest absolute Gasteiger partial charge is 0.299 e. The molecule has 2 aromatic carbocycles. The second kappa shape index (κ2) is 18.6. The number of carbonyl (C=O) groups excluding carboxylic acids is 2.